The molecule has 0 bridgehead atoms. The van der Waals surface area contributed by atoms with Crippen molar-refractivity contribution in [2.75, 3.05) is 12.0 Å². The Hall–Kier alpha value is -3.45. The first-order valence-corrected chi connectivity index (χ1v) is 11.8. The van der Waals surface area contributed by atoms with Gasteiger partial charge in [0, 0.05) is 15.1 Å². The molecule has 0 saturated heterocycles. The lowest BCUT2D eigenvalue weighted by Crippen LogP contribution is -2.32. The van der Waals surface area contributed by atoms with Crippen LogP contribution in [0.25, 0.3) is 16.2 Å². The zero-order valence-electron chi connectivity index (χ0n) is 17.8. The number of anilines is 1. The maximum Gasteiger partial charge on any atom is 0.337 e. The fourth-order valence-electron chi connectivity index (χ4n) is 3.65. The predicted octanol–water partition coefficient (Wildman–Crippen LogP) is 6.83. The van der Waals surface area contributed by atoms with Gasteiger partial charge in [0.15, 0.2) is 5.84 Å². The van der Waals surface area contributed by atoms with Crippen molar-refractivity contribution in [3.8, 4) is 0 Å². The number of carbonyl (C=O) groups is 2. The summed E-state index contributed by atoms with van der Waals surface area (Å²) in [6.07, 6.45) is 1.68. The largest absolute Gasteiger partial charge is 0.465 e. The van der Waals surface area contributed by atoms with Crippen molar-refractivity contribution >= 4 is 74.1 Å². The van der Waals surface area contributed by atoms with E-state index < -0.39 is 5.97 Å². The number of thiophene rings is 1. The average molecular weight is 507 g/mol. The fourth-order valence-corrected chi connectivity index (χ4v) is 5.27. The van der Waals surface area contributed by atoms with Gasteiger partial charge >= 0.3 is 5.97 Å². The number of rotatable bonds is 4. The molecular weight excluding hydrogens is 491 g/mol. The van der Waals surface area contributed by atoms with Gasteiger partial charge in [-0.15, -0.1) is 11.3 Å². The number of esters is 1. The highest BCUT2D eigenvalue weighted by atomic mass is 35.5. The summed E-state index contributed by atoms with van der Waals surface area (Å²) in [5, 5.41) is 2.02. The molecule has 0 radical (unpaired) electrons. The predicted molar refractivity (Wildman–Crippen MR) is 138 cm³/mol. The Balaban J connectivity index is 1.62. The van der Waals surface area contributed by atoms with Gasteiger partial charge in [-0.2, -0.15) is 0 Å². The van der Waals surface area contributed by atoms with Crippen LogP contribution in [-0.4, -0.2) is 24.8 Å². The van der Waals surface area contributed by atoms with Crippen LogP contribution in [0.4, 0.5) is 5.69 Å². The monoisotopic (exact) mass is 506 g/mol. The third-order valence-electron chi connectivity index (χ3n) is 5.32. The standard InChI is InChI=1S/C26H16Cl2N2O3S/c1-33-26(32)16-8-6-15(7-9-16)14-20-25(31)30(18-12-10-17(27)11-13-18)24(29-20)23-22(28)19-4-2-3-5-21(19)34-23/h2-14H,1H3/b20-14+. The highest BCUT2D eigenvalue weighted by Gasteiger charge is 2.35. The van der Waals surface area contributed by atoms with Gasteiger partial charge in [0.1, 0.15) is 5.70 Å². The number of hydrogen-bond donors (Lipinski definition) is 0. The van der Waals surface area contributed by atoms with Crippen LogP contribution >= 0.6 is 34.5 Å². The third-order valence-corrected chi connectivity index (χ3v) is 7.24. The van der Waals surface area contributed by atoms with E-state index in [0.29, 0.717) is 32.0 Å². The fraction of sp³-hybridized carbons (Fsp3) is 0.0385. The maximum atomic E-state index is 13.5. The van der Waals surface area contributed by atoms with Crippen molar-refractivity contribution in [3.63, 3.8) is 0 Å². The minimum Gasteiger partial charge on any atom is -0.465 e. The minimum absolute atomic E-state index is 0.254. The van der Waals surface area contributed by atoms with Gasteiger partial charge in [-0.25, -0.2) is 9.79 Å². The molecule has 8 heteroatoms. The Labute approximate surface area is 209 Å². The zero-order chi connectivity index (χ0) is 23.8. The molecule has 1 aromatic heterocycles. The molecule has 1 aliphatic heterocycles. The van der Waals surface area contributed by atoms with E-state index in [2.05, 4.69) is 0 Å². The van der Waals surface area contributed by atoms with Crippen LogP contribution in [-0.2, 0) is 9.53 Å². The van der Waals surface area contributed by atoms with E-state index in [1.54, 1.807) is 59.5 Å². The number of benzene rings is 3. The second kappa shape index (κ2) is 9.06. The molecule has 1 aliphatic rings. The Morgan fingerprint density at radius 2 is 1.71 bits per heavy atom. The van der Waals surface area contributed by atoms with Gasteiger partial charge in [0.05, 0.1) is 28.3 Å². The molecule has 0 N–H and O–H groups in total. The summed E-state index contributed by atoms with van der Waals surface area (Å²) in [5.74, 6) is -0.261. The lowest BCUT2D eigenvalue weighted by Gasteiger charge is -2.18. The summed E-state index contributed by atoms with van der Waals surface area (Å²) in [6, 6.07) is 21.5. The van der Waals surface area contributed by atoms with E-state index in [1.165, 1.54) is 18.4 Å². The van der Waals surface area contributed by atoms with Crippen molar-refractivity contribution < 1.29 is 14.3 Å². The SMILES string of the molecule is COC(=O)c1ccc(/C=C2/N=C(c3sc4ccccc4c3Cl)N(c3ccc(Cl)cc3)C2=O)cc1. The Kier molecular flexibility index (Phi) is 5.96. The lowest BCUT2D eigenvalue weighted by atomic mass is 10.1. The van der Waals surface area contributed by atoms with Crippen LogP contribution in [0.3, 0.4) is 0 Å². The van der Waals surface area contributed by atoms with E-state index >= 15 is 0 Å². The quantitative estimate of drug-likeness (QED) is 0.225. The van der Waals surface area contributed by atoms with Crippen molar-refractivity contribution in [2.24, 2.45) is 4.99 Å². The zero-order valence-corrected chi connectivity index (χ0v) is 20.1. The van der Waals surface area contributed by atoms with Crippen LogP contribution in [0.15, 0.2) is 83.5 Å². The first-order valence-electron chi connectivity index (χ1n) is 10.2. The topological polar surface area (TPSA) is 59.0 Å². The second-order valence-electron chi connectivity index (χ2n) is 7.44. The summed E-state index contributed by atoms with van der Waals surface area (Å²) in [4.78, 5) is 32.2. The van der Waals surface area contributed by atoms with E-state index in [-0.39, 0.29) is 11.6 Å². The van der Waals surface area contributed by atoms with Gasteiger partial charge in [0.25, 0.3) is 5.91 Å². The van der Waals surface area contributed by atoms with E-state index in [9.17, 15) is 9.59 Å². The summed E-state index contributed by atoms with van der Waals surface area (Å²) < 4.78 is 5.74. The first-order chi connectivity index (χ1) is 16.5. The molecule has 2 heterocycles. The van der Waals surface area contributed by atoms with Crippen molar-refractivity contribution in [1.82, 2.24) is 0 Å². The summed E-state index contributed by atoms with van der Waals surface area (Å²) in [7, 11) is 1.33. The molecule has 0 spiro atoms. The lowest BCUT2D eigenvalue weighted by molar-refractivity contribution is -0.113. The Bertz CT molecular complexity index is 1490. The molecule has 1 amide bonds. The smallest absolute Gasteiger partial charge is 0.337 e. The summed E-state index contributed by atoms with van der Waals surface area (Å²) >= 11 is 14.3. The number of nitrogens with zero attached hydrogens (tertiary/aromatic N) is 2. The van der Waals surface area contributed by atoms with Gasteiger partial charge in [-0.3, -0.25) is 9.69 Å². The van der Waals surface area contributed by atoms with Crippen LogP contribution in [0.5, 0.6) is 0 Å². The molecular formula is C26H16Cl2N2O3S. The Morgan fingerprint density at radius 3 is 2.38 bits per heavy atom. The van der Waals surface area contributed by atoms with Gasteiger partial charge < -0.3 is 4.74 Å². The van der Waals surface area contributed by atoms with Crippen LogP contribution in [0.2, 0.25) is 10.0 Å². The number of hydrogen-bond acceptors (Lipinski definition) is 5. The molecule has 5 rings (SSSR count). The second-order valence-corrected chi connectivity index (χ2v) is 9.30. The molecule has 168 valence electrons. The molecule has 34 heavy (non-hydrogen) atoms. The van der Waals surface area contributed by atoms with Crippen LogP contribution in [0.1, 0.15) is 20.8 Å². The summed E-state index contributed by atoms with van der Waals surface area (Å²) in [6.45, 7) is 0. The highest BCUT2D eigenvalue weighted by Crippen LogP contribution is 2.39. The van der Waals surface area contributed by atoms with Crippen LogP contribution in [0, 0.1) is 0 Å². The number of methoxy groups -OCH3 is 1. The number of carbonyl (C=O) groups excluding carboxylic acids is 2. The van der Waals surface area contributed by atoms with E-state index in [1.807, 2.05) is 24.3 Å². The molecule has 0 fully saturated rings. The average Bonchev–Trinajstić information content (AvgIpc) is 3.36. The minimum atomic E-state index is -0.426. The number of fused-ring (bicyclic) bond motifs is 1. The Morgan fingerprint density at radius 1 is 1.00 bits per heavy atom. The third kappa shape index (κ3) is 4.01. The molecule has 0 aliphatic carbocycles. The van der Waals surface area contributed by atoms with E-state index in [0.717, 1.165) is 15.6 Å². The van der Waals surface area contributed by atoms with Crippen molar-refractivity contribution in [3.05, 3.63) is 105 Å². The van der Waals surface area contributed by atoms with Crippen molar-refractivity contribution in [1.29, 1.82) is 0 Å². The number of ether oxygens (including phenoxy) is 1. The summed E-state index contributed by atoms with van der Waals surface area (Å²) in [5.41, 5.74) is 2.03. The highest BCUT2D eigenvalue weighted by molar-refractivity contribution is 7.21. The normalized spacial score (nSPS) is 14.7. The molecule has 3 aromatic carbocycles. The van der Waals surface area contributed by atoms with Gasteiger partial charge in [-0.05, 0) is 54.1 Å². The van der Waals surface area contributed by atoms with Gasteiger partial charge in [-0.1, -0.05) is 53.5 Å². The molecule has 0 atom stereocenters. The maximum absolute atomic E-state index is 13.5. The first kappa shape index (κ1) is 22.3. The van der Waals surface area contributed by atoms with Gasteiger partial charge in [0.2, 0.25) is 0 Å². The molecule has 4 aromatic rings. The van der Waals surface area contributed by atoms with E-state index in [4.69, 9.17) is 32.9 Å². The van der Waals surface area contributed by atoms with Crippen LogP contribution < -0.4 is 4.90 Å². The number of halogens is 2. The number of amidine groups is 1. The molecule has 0 saturated carbocycles. The number of amides is 1. The molecule has 5 nitrogen and oxygen atoms in total. The molecule has 0 unspecified atom stereocenters. The number of aliphatic imine (C=N–C) groups is 1. The van der Waals surface area contributed by atoms with Crippen molar-refractivity contribution in [2.45, 2.75) is 0 Å².